The molecule has 0 unspecified atom stereocenters. The van der Waals surface area contributed by atoms with Gasteiger partial charge in [0.25, 0.3) is 0 Å². The second-order valence-corrected chi connectivity index (χ2v) is 5.76. The number of ether oxygens (including phenoxy) is 1. The summed E-state index contributed by atoms with van der Waals surface area (Å²) in [7, 11) is 1.73. The molecule has 0 N–H and O–H groups in total. The molecule has 0 aliphatic carbocycles. The number of benzene rings is 2. The molecule has 130 valence electrons. The van der Waals surface area contributed by atoms with Crippen LogP contribution in [0.2, 0.25) is 0 Å². The SMILES string of the molecule is Cn1cnc(-c2cc(=O)c3c(OCc4ccc(F)cc4)cccc3o2)n1. The molecule has 7 heteroatoms. The fraction of sp³-hybridized carbons (Fsp3) is 0.105. The molecular weight excluding hydrogens is 337 g/mol. The van der Waals surface area contributed by atoms with Crippen molar-refractivity contribution >= 4 is 11.0 Å². The Balaban J connectivity index is 1.70. The zero-order valence-electron chi connectivity index (χ0n) is 13.8. The van der Waals surface area contributed by atoms with E-state index in [0.29, 0.717) is 28.3 Å². The van der Waals surface area contributed by atoms with Crippen LogP contribution in [0.1, 0.15) is 5.56 Å². The number of fused-ring (bicyclic) bond motifs is 1. The van der Waals surface area contributed by atoms with Gasteiger partial charge < -0.3 is 9.15 Å². The molecule has 0 amide bonds. The predicted octanol–water partition coefficient (Wildman–Crippen LogP) is 3.31. The molecule has 0 aliphatic heterocycles. The number of halogens is 1. The van der Waals surface area contributed by atoms with Gasteiger partial charge in [-0.15, -0.1) is 5.10 Å². The molecule has 0 spiro atoms. The Morgan fingerprint density at radius 2 is 2.00 bits per heavy atom. The maximum Gasteiger partial charge on any atom is 0.217 e. The van der Waals surface area contributed by atoms with Gasteiger partial charge >= 0.3 is 0 Å². The Bertz CT molecular complexity index is 1130. The molecule has 4 rings (SSSR count). The van der Waals surface area contributed by atoms with Crippen molar-refractivity contribution < 1.29 is 13.5 Å². The molecule has 0 bridgehead atoms. The number of aryl methyl sites for hydroxylation is 1. The van der Waals surface area contributed by atoms with Gasteiger partial charge in [-0.05, 0) is 29.8 Å². The third-order valence-electron chi connectivity index (χ3n) is 3.84. The molecule has 2 aromatic carbocycles. The molecule has 2 aromatic heterocycles. The monoisotopic (exact) mass is 351 g/mol. The molecule has 0 fully saturated rings. The number of nitrogens with zero attached hydrogens (tertiary/aromatic N) is 3. The van der Waals surface area contributed by atoms with E-state index in [-0.39, 0.29) is 17.9 Å². The maximum atomic E-state index is 13.0. The molecule has 6 nitrogen and oxygen atoms in total. The van der Waals surface area contributed by atoms with Crippen LogP contribution in [-0.2, 0) is 13.7 Å². The number of hydrogen-bond acceptors (Lipinski definition) is 5. The van der Waals surface area contributed by atoms with Crippen molar-refractivity contribution in [3.8, 4) is 17.3 Å². The van der Waals surface area contributed by atoms with Gasteiger partial charge in [-0.25, -0.2) is 9.37 Å². The fourth-order valence-corrected chi connectivity index (χ4v) is 2.60. The van der Waals surface area contributed by atoms with E-state index in [4.69, 9.17) is 9.15 Å². The summed E-state index contributed by atoms with van der Waals surface area (Å²) in [5.74, 6) is 0.722. The quantitative estimate of drug-likeness (QED) is 0.564. The molecule has 0 aliphatic rings. The Labute approximate surface area is 147 Å². The van der Waals surface area contributed by atoms with Gasteiger partial charge in [0, 0.05) is 13.1 Å². The lowest BCUT2D eigenvalue weighted by molar-refractivity contribution is 0.309. The molecular formula is C19H14FN3O3. The largest absolute Gasteiger partial charge is 0.488 e. The van der Waals surface area contributed by atoms with Crippen LogP contribution in [0.3, 0.4) is 0 Å². The van der Waals surface area contributed by atoms with Gasteiger partial charge in [0.2, 0.25) is 5.82 Å². The van der Waals surface area contributed by atoms with E-state index >= 15 is 0 Å². The Kier molecular flexibility index (Phi) is 3.96. The van der Waals surface area contributed by atoms with Gasteiger partial charge in [-0.2, -0.15) is 0 Å². The van der Waals surface area contributed by atoms with Crippen molar-refractivity contribution in [1.82, 2.24) is 14.8 Å². The summed E-state index contributed by atoms with van der Waals surface area (Å²) in [5.41, 5.74) is 0.932. The van der Waals surface area contributed by atoms with Crippen LogP contribution in [0.4, 0.5) is 4.39 Å². The zero-order valence-corrected chi connectivity index (χ0v) is 13.8. The van der Waals surface area contributed by atoms with Gasteiger partial charge in [-0.3, -0.25) is 9.48 Å². The first-order valence-corrected chi connectivity index (χ1v) is 7.90. The van der Waals surface area contributed by atoms with E-state index in [0.717, 1.165) is 5.56 Å². The van der Waals surface area contributed by atoms with Crippen LogP contribution in [-0.4, -0.2) is 14.8 Å². The molecule has 0 radical (unpaired) electrons. The minimum absolute atomic E-state index is 0.211. The van der Waals surface area contributed by atoms with Gasteiger partial charge in [0.15, 0.2) is 11.2 Å². The standard InChI is InChI=1S/C19H14FN3O3/c1-23-11-21-19(22-23)17-9-14(24)18-15(3-2-4-16(18)26-17)25-10-12-5-7-13(20)8-6-12/h2-9,11H,10H2,1H3. The molecule has 0 saturated heterocycles. The van der Waals surface area contributed by atoms with Crippen LogP contribution in [0.5, 0.6) is 5.75 Å². The fourth-order valence-electron chi connectivity index (χ4n) is 2.60. The molecule has 26 heavy (non-hydrogen) atoms. The van der Waals surface area contributed by atoms with E-state index < -0.39 is 0 Å². The highest BCUT2D eigenvalue weighted by Crippen LogP contribution is 2.26. The van der Waals surface area contributed by atoms with Crippen molar-refractivity contribution in [2.24, 2.45) is 7.05 Å². The maximum absolute atomic E-state index is 13.0. The van der Waals surface area contributed by atoms with E-state index in [2.05, 4.69) is 10.1 Å². The van der Waals surface area contributed by atoms with E-state index in [1.165, 1.54) is 29.2 Å². The summed E-state index contributed by atoms with van der Waals surface area (Å²) in [6.45, 7) is 0.211. The number of rotatable bonds is 4. The first-order valence-electron chi connectivity index (χ1n) is 7.90. The smallest absolute Gasteiger partial charge is 0.217 e. The van der Waals surface area contributed by atoms with Crippen molar-refractivity contribution in [1.29, 1.82) is 0 Å². The number of aromatic nitrogens is 3. The van der Waals surface area contributed by atoms with Gasteiger partial charge in [0.1, 0.15) is 35.5 Å². The lowest BCUT2D eigenvalue weighted by Crippen LogP contribution is -2.05. The third kappa shape index (κ3) is 3.06. The zero-order chi connectivity index (χ0) is 18.1. The van der Waals surface area contributed by atoms with E-state index in [1.807, 2.05) is 0 Å². The predicted molar refractivity (Wildman–Crippen MR) is 93.2 cm³/mol. The first kappa shape index (κ1) is 16.0. The van der Waals surface area contributed by atoms with Crippen LogP contribution in [0, 0.1) is 5.82 Å². The second-order valence-electron chi connectivity index (χ2n) is 5.76. The van der Waals surface area contributed by atoms with Crippen molar-refractivity contribution in [3.63, 3.8) is 0 Å². The summed E-state index contributed by atoms with van der Waals surface area (Å²) < 4.78 is 26.1. The minimum Gasteiger partial charge on any atom is -0.488 e. The highest BCUT2D eigenvalue weighted by molar-refractivity contribution is 5.84. The molecule has 0 saturated carbocycles. The van der Waals surface area contributed by atoms with E-state index in [1.54, 1.807) is 37.4 Å². The Morgan fingerprint density at radius 3 is 2.73 bits per heavy atom. The van der Waals surface area contributed by atoms with Crippen molar-refractivity contribution in [2.75, 3.05) is 0 Å². The molecule has 4 aromatic rings. The van der Waals surface area contributed by atoms with Crippen molar-refractivity contribution in [2.45, 2.75) is 6.61 Å². The summed E-state index contributed by atoms with van der Waals surface area (Å²) in [6.07, 6.45) is 1.53. The second kappa shape index (κ2) is 6.44. The minimum atomic E-state index is -0.310. The summed E-state index contributed by atoms with van der Waals surface area (Å²) >= 11 is 0. The average Bonchev–Trinajstić information content (AvgIpc) is 3.07. The lowest BCUT2D eigenvalue weighted by Gasteiger charge is -2.09. The Morgan fingerprint density at radius 1 is 1.19 bits per heavy atom. The third-order valence-corrected chi connectivity index (χ3v) is 3.84. The summed E-state index contributed by atoms with van der Waals surface area (Å²) in [6, 6.07) is 12.5. The van der Waals surface area contributed by atoms with Crippen LogP contribution < -0.4 is 10.2 Å². The topological polar surface area (TPSA) is 70.2 Å². The van der Waals surface area contributed by atoms with Crippen molar-refractivity contribution in [3.05, 3.63) is 76.5 Å². The average molecular weight is 351 g/mol. The molecule has 2 heterocycles. The van der Waals surface area contributed by atoms with Gasteiger partial charge in [0.05, 0.1) is 0 Å². The van der Waals surface area contributed by atoms with Crippen LogP contribution in [0.25, 0.3) is 22.6 Å². The van der Waals surface area contributed by atoms with Crippen LogP contribution in [0.15, 0.2) is 64.1 Å². The number of hydrogen-bond donors (Lipinski definition) is 0. The lowest BCUT2D eigenvalue weighted by atomic mass is 10.2. The highest BCUT2D eigenvalue weighted by Gasteiger charge is 2.14. The Hall–Kier alpha value is -3.48. The van der Waals surface area contributed by atoms with Gasteiger partial charge in [-0.1, -0.05) is 18.2 Å². The summed E-state index contributed by atoms with van der Waals surface area (Å²) in [5, 5.41) is 4.49. The van der Waals surface area contributed by atoms with E-state index in [9.17, 15) is 9.18 Å². The molecule has 0 atom stereocenters. The highest BCUT2D eigenvalue weighted by atomic mass is 19.1. The van der Waals surface area contributed by atoms with Crippen LogP contribution >= 0.6 is 0 Å². The first-order chi connectivity index (χ1) is 12.6. The normalized spacial score (nSPS) is 11.0. The summed E-state index contributed by atoms with van der Waals surface area (Å²) in [4.78, 5) is 16.7.